The van der Waals surface area contributed by atoms with Crippen molar-refractivity contribution in [3.63, 3.8) is 0 Å². The number of halogens is 1. The van der Waals surface area contributed by atoms with E-state index >= 15 is 0 Å². The molecule has 0 amide bonds. The number of aromatic nitrogens is 2. The summed E-state index contributed by atoms with van der Waals surface area (Å²) in [6.45, 7) is 4.78. The van der Waals surface area contributed by atoms with Crippen molar-refractivity contribution in [2.45, 2.75) is 26.4 Å². The van der Waals surface area contributed by atoms with Gasteiger partial charge in [0.05, 0.1) is 5.69 Å². The van der Waals surface area contributed by atoms with E-state index in [-0.39, 0.29) is 0 Å². The van der Waals surface area contributed by atoms with Gasteiger partial charge in [-0.1, -0.05) is 0 Å². The van der Waals surface area contributed by atoms with Gasteiger partial charge < -0.3 is 0 Å². The van der Waals surface area contributed by atoms with Crippen molar-refractivity contribution in [2.24, 2.45) is 0 Å². The molecule has 0 unspecified atom stereocenters. The van der Waals surface area contributed by atoms with Gasteiger partial charge in [0.2, 0.25) is 0 Å². The molecule has 0 saturated carbocycles. The summed E-state index contributed by atoms with van der Waals surface area (Å²) in [6, 6.07) is 1.65. The van der Waals surface area contributed by atoms with Crippen molar-refractivity contribution in [2.75, 3.05) is 0 Å². The molecular formula is C8H11FN2. The molecule has 0 saturated heterocycles. The lowest BCUT2D eigenvalue weighted by atomic mass is 10.1. The van der Waals surface area contributed by atoms with Gasteiger partial charge in [-0.2, -0.15) is 0 Å². The highest BCUT2D eigenvalue weighted by atomic mass is 19.1. The van der Waals surface area contributed by atoms with Crippen LogP contribution in [0.25, 0.3) is 0 Å². The van der Waals surface area contributed by atoms with Gasteiger partial charge in [-0.25, -0.2) is 14.4 Å². The van der Waals surface area contributed by atoms with E-state index in [2.05, 4.69) is 9.97 Å². The van der Waals surface area contributed by atoms with Gasteiger partial charge in [0.25, 0.3) is 0 Å². The fourth-order valence-corrected chi connectivity index (χ4v) is 0.780. The van der Waals surface area contributed by atoms with Crippen molar-refractivity contribution in [1.82, 2.24) is 9.97 Å². The third kappa shape index (κ3) is 1.97. The molecule has 0 radical (unpaired) electrons. The summed E-state index contributed by atoms with van der Waals surface area (Å²) in [5, 5.41) is 0. The molecule has 0 aliphatic heterocycles. The molecule has 0 aliphatic carbocycles. The fourth-order valence-electron chi connectivity index (χ4n) is 0.780. The Morgan fingerprint density at radius 2 is 2.00 bits per heavy atom. The lowest BCUT2D eigenvalue weighted by Gasteiger charge is -2.12. The minimum absolute atomic E-state index is 0.435. The summed E-state index contributed by atoms with van der Waals surface area (Å²) in [4.78, 5) is 7.70. The minimum atomic E-state index is -1.37. The van der Waals surface area contributed by atoms with Gasteiger partial charge in [0.1, 0.15) is 12.0 Å². The van der Waals surface area contributed by atoms with E-state index in [0.29, 0.717) is 5.69 Å². The van der Waals surface area contributed by atoms with Gasteiger partial charge in [-0.15, -0.1) is 0 Å². The smallest absolute Gasteiger partial charge is 0.147 e. The first-order valence-corrected chi connectivity index (χ1v) is 3.48. The Bertz CT molecular complexity index is 253. The summed E-state index contributed by atoms with van der Waals surface area (Å²) in [5.41, 5.74) is -0.140. The average molecular weight is 154 g/mol. The lowest BCUT2D eigenvalue weighted by Crippen LogP contribution is -2.11. The van der Waals surface area contributed by atoms with Crippen LogP contribution in [0.4, 0.5) is 4.39 Å². The van der Waals surface area contributed by atoms with Crippen molar-refractivity contribution >= 4 is 0 Å². The number of aryl methyl sites for hydroxylation is 1. The Kier molecular flexibility index (Phi) is 1.89. The summed E-state index contributed by atoms with van der Waals surface area (Å²) < 4.78 is 13.2. The van der Waals surface area contributed by atoms with Gasteiger partial charge in [-0.05, 0) is 26.8 Å². The maximum atomic E-state index is 13.2. The van der Waals surface area contributed by atoms with Gasteiger partial charge in [0.15, 0.2) is 0 Å². The second-order valence-corrected chi connectivity index (χ2v) is 3.02. The average Bonchev–Trinajstić information content (AvgIpc) is 1.86. The molecule has 1 aromatic rings. The van der Waals surface area contributed by atoms with Crippen LogP contribution in [-0.2, 0) is 5.67 Å². The highest BCUT2D eigenvalue weighted by Gasteiger charge is 2.20. The van der Waals surface area contributed by atoms with Crippen molar-refractivity contribution in [3.05, 3.63) is 23.8 Å². The number of alkyl halides is 1. The molecule has 60 valence electrons. The number of rotatable bonds is 1. The first-order chi connectivity index (χ1) is 5.00. The lowest BCUT2D eigenvalue weighted by molar-refractivity contribution is 0.214. The van der Waals surface area contributed by atoms with Crippen LogP contribution in [0.15, 0.2) is 12.4 Å². The zero-order valence-corrected chi connectivity index (χ0v) is 6.93. The minimum Gasteiger partial charge on any atom is -0.242 e. The van der Waals surface area contributed by atoms with E-state index in [1.54, 1.807) is 6.07 Å². The van der Waals surface area contributed by atoms with Crippen LogP contribution in [0.2, 0.25) is 0 Å². The molecule has 1 heterocycles. The monoisotopic (exact) mass is 154 g/mol. The van der Waals surface area contributed by atoms with Crippen molar-refractivity contribution < 1.29 is 4.39 Å². The maximum Gasteiger partial charge on any atom is 0.147 e. The zero-order valence-electron chi connectivity index (χ0n) is 6.93. The summed E-state index contributed by atoms with van der Waals surface area (Å²) in [5.74, 6) is 0. The molecule has 11 heavy (non-hydrogen) atoms. The number of hydrogen-bond donors (Lipinski definition) is 0. The molecular weight excluding hydrogens is 143 g/mol. The molecule has 3 heteroatoms. The number of hydrogen-bond acceptors (Lipinski definition) is 2. The molecule has 0 bridgehead atoms. The van der Waals surface area contributed by atoms with Crippen molar-refractivity contribution in [3.8, 4) is 0 Å². The van der Waals surface area contributed by atoms with E-state index < -0.39 is 5.67 Å². The second-order valence-electron chi connectivity index (χ2n) is 3.02. The highest BCUT2D eigenvalue weighted by Crippen LogP contribution is 2.21. The molecule has 0 aromatic carbocycles. The molecule has 0 N–H and O–H groups in total. The quantitative estimate of drug-likeness (QED) is 0.618. The molecule has 0 atom stereocenters. The Balaban J connectivity index is 3.06. The van der Waals surface area contributed by atoms with Crippen LogP contribution >= 0.6 is 0 Å². The molecule has 1 rings (SSSR count). The van der Waals surface area contributed by atoms with E-state index in [4.69, 9.17) is 0 Å². The molecule has 1 aromatic heterocycles. The topological polar surface area (TPSA) is 25.8 Å². The Morgan fingerprint density at radius 1 is 1.36 bits per heavy atom. The van der Waals surface area contributed by atoms with Crippen molar-refractivity contribution in [1.29, 1.82) is 0 Å². The Morgan fingerprint density at radius 3 is 2.36 bits per heavy atom. The van der Waals surface area contributed by atoms with Crippen LogP contribution in [0.5, 0.6) is 0 Å². The highest BCUT2D eigenvalue weighted by molar-refractivity contribution is 5.12. The van der Waals surface area contributed by atoms with Gasteiger partial charge in [0, 0.05) is 5.69 Å². The van der Waals surface area contributed by atoms with E-state index in [1.807, 2.05) is 6.92 Å². The largest absolute Gasteiger partial charge is 0.242 e. The van der Waals surface area contributed by atoms with Crippen LogP contribution in [0, 0.1) is 6.92 Å². The number of nitrogens with zero attached hydrogens (tertiary/aromatic N) is 2. The first kappa shape index (κ1) is 8.11. The zero-order chi connectivity index (χ0) is 8.48. The van der Waals surface area contributed by atoms with E-state index in [9.17, 15) is 4.39 Å². The molecule has 0 fully saturated rings. The van der Waals surface area contributed by atoms with Crippen LogP contribution in [-0.4, -0.2) is 9.97 Å². The standard InChI is InChI=1S/C8H11FN2/c1-6-4-7(8(2,3)9)11-5-10-6/h4-5H,1-3H3. The normalized spacial score (nSPS) is 11.6. The summed E-state index contributed by atoms with van der Waals surface area (Å²) in [6.07, 6.45) is 1.38. The van der Waals surface area contributed by atoms with Crippen LogP contribution in [0.3, 0.4) is 0 Å². The Labute approximate surface area is 65.5 Å². The van der Waals surface area contributed by atoms with Gasteiger partial charge in [-0.3, -0.25) is 0 Å². The van der Waals surface area contributed by atoms with Gasteiger partial charge >= 0.3 is 0 Å². The summed E-state index contributed by atoms with van der Waals surface area (Å²) >= 11 is 0. The summed E-state index contributed by atoms with van der Waals surface area (Å²) in [7, 11) is 0. The van der Waals surface area contributed by atoms with Crippen LogP contribution < -0.4 is 0 Å². The predicted molar refractivity (Wildman–Crippen MR) is 40.9 cm³/mol. The molecule has 2 nitrogen and oxygen atoms in total. The predicted octanol–water partition coefficient (Wildman–Crippen LogP) is 1.99. The molecule has 0 aliphatic rings. The first-order valence-electron chi connectivity index (χ1n) is 3.48. The second kappa shape index (κ2) is 2.57. The maximum absolute atomic E-state index is 13.2. The molecule has 0 spiro atoms. The Hall–Kier alpha value is -0.990. The van der Waals surface area contributed by atoms with E-state index in [1.165, 1.54) is 20.2 Å². The third-order valence-corrected chi connectivity index (χ3v) is 1.41. The van der Waals surface area contributed by atoms with E-state index in [0.717, 1.165) is 5.69 Å². The fraction of sp³-hybridized carbons (Fsp3) is 0.500. The third-order valence-electron chi connectivity index (χ3n) is 1.41. The SMILES string of the molecule is Cc1cc(C(C)(C)F)ncn1. The van der Waals surface area contributed by atoms with Crippen LogP contribution in [0.1, 0.15) is 25.2 Å².